The lowest BCUT2D eigenvalue weighted by molar-refractivity contribution is -0.192. The Hall–Kier alpha value is -2.09. The lowest BCUT2D eigenvalue weighted by atomic mass is 10.1. The van der Waals surface area contributed by atoms with Crippen molar-refractivity contribution in [3.8, 4) is 5.75 Å². The van der Waals surface area contributed by atoms with E-state index >= 15 is 0 Å². The Bertz CT molecular complexity index is 950. The Labute approximate surface area is 179 Å². The second-order valence-electron chi connectivity index (χ2n) is 5.94. The van der Waals surface area contributed by atoms with Gasteiger partial charge in [-0.1, -0.05) is 11.6 Å². The molecule has 0 saturated carbocycles. The molecule has 0 spiro atoms. The first kappa shape index (κ1) is 24.2. The van der Waals surface area contributed by atoms with Crippen LogP contribution in [0.2, 0.25) is 5.02 Å². The fraction of sp³-hybridized carbons (Fsp3) is 0.375. The summed E-state index contributed by atoms with van der Waals surface area (Å²) in [5, 5.41) is 12.3. The monoisotopic (exact) mass is 487 g/mol. The van der Waals surface area contributed by atoms with E-state index < -0.39 is 22.2 Å². The van der Waals surface area contributed by atoms with Gasteiger partial charge in [0.1, 0.15) is 11.9 Å². The third kappa shape index (κ3) is 7.31. The Morgan fingerprint density at radius 1 is 1.33 bits per heavy atom. The van der Waals surface area contributed by atoms with E-state index in [0.717, 1.165) is 25.9 Å². The Morgan fingerprint density at radius 3 is 2.47 bits per heavy atom. The number of carboxylic acids is 1. The molecule has 1 aliphatic heterocycles. The van der Waals surface area contributed by atoms with Gasteiger partial charge in [-0.15, -0.1) is 11.3 Å². The number of halogens is 4. The minimum atomic E-state index is -5.08. The van der Waals surface area contributed by atoms with Crippen LogP contribution in [0.25, 0.3) is 0 Å². The predicted molar refractivity (Wildman–Crippen MR) is 105 cm³/mol. The molecule has 3 rings (SSSR count). The number of carbonyl (C=O) groups is 1. The molecule has 0 bridgehead atoms. The molecule has 1 saturated heterocycles. The SMILES string of the molecule is O=C(O)C(F)(F)F.O=S(=O)(Nc1cscn1)c1ccc(OC2CCNCC2)c(Cl)c1. The van der Waals surface area contributed by atoms with Crippen molar-refractivity contribution in [2.24, 2.45) is 0 Å². The summed E-state index contributed by atoms with van der Waals surface area (Å²) < 4.78 is 64.6. The molecule has 166 valence electrons. The van der Waals surface area contributed by atoms with Gasteiger partial charge in [0.15, 0.2) is 5.82 Å². The number of alkyl halides is 3. The largest absolute Gasteiger partial charge is 0.490 e. The van der Waals surface area contributed by atoms with E-state index in [1.807, 2.05) is 0 Å². The minimum Gasteiger partial charge on any atom is -0.489 e. The first-order chi connectivity index (χ1) is 14.0. The maximum absolute atomic E-state index is 12.3. The molecule has 8 nitrogen and oxygen atoms in total. The molecular formula is C16H17ClF3N3O5S2. The number of piperidine rings is 1. The van der Waals surface area contributed by atoms with Gasteiger partial charge < -0.3 is 15.2 Å². The fourth-order valence-corrected chi connectivity index (χ4v) is 4.17. The van der Waals surface area contributed by atoms with Gasteiger partial charge in [0.05, 0.1) is 15.4 Å². The zero-order valence-electron chi connectivity index (χ0n) is 15.1. The van der Waals surface area contributed by atoms with Crippen LogP contribution in [-0.4, -0.2) is 49.8 Å². The van der Waals surface area contributed by atoms with Crippen LogP contribution in [0.3, 0.4) is 0 Å². The second-order valence-corrected chi connectivity index (χ2v) is 8.75. The summed E-state index contributed by atoms with van der Waals surface area (Å²) in [4.78, 5) is 12.9. The van der Waals surface area contributed by atoms with Crippen LogP contribution in [0, 0.1) is 0 Å². The molecule has 3 N–H and O–H groups in total. The Balaban J connectivity index is 0.000000396. The standard InChI is InChI=1S/C14H16ClN3O3S2.C2HF3O2/c15-12-7-11(23(19,20)18-14-8-22-9-17-14)1-2-13(12)21-10-3-5-16-6-4-10;3-2(4,5)1(6)7/h1-2,7-10,16,18H,3-6H2;(H,6,7). The minimum absolute atomic E-state index is 0.0770. The first-order valence-corrected chi connectivity index (χ1v) is 11.2. The summed E-state index contributed by atoms with van der Waals surface area (Å²) >= 11 is 7.50. The Morgan fingerprint density at radius 2 is 1.97 bits per heavy atom. The van der Waals surface area contributed by atoms with Gasteiger partial charge in [-0.05, 0) is 44.1 Å². The highest BCUT2D eigenvalue weighted by Gasteiger charge is 2.38. The molecule has 1 aromatic carbocycles. The molecule has 0 atom stereocenters. The average Bonchev–Trinajstić information content (AvgIpc) is 3.16. The van der Waals surface area contributed by atoms with Crippen molar-refractivity contribution in [3.63, 3.8) is 0 Å². The van der Waals surface area contributed by atoms with Crippen molar-refractivity contribution < 1.29 is 36.2 Å². The number of benzene rings is 1. The molecule has 14 heteroatoms. The van der Waals surface area contributed by atoms with E-state index in [2.05, 4.69) is 15.0 Å². The molecule has 0 radical (unpaired) electrons. The van der Waals surface area contributed by atoms with Crippen LogP contribution in [-0.2, 0) is 14.8 Å². The molecule has 30 heavy (non-hydrogen) atoms. The number of aliphatic carboxylic acids is 1. The van der Waals surface area contributed by atoms with Crippen LogP contribution in [0.15, 0.2) is 34.0 Å². The summed E-state index contributed by atoms with van der Waals surface area (Å²) in [7, 11) is -3.71. The average molecular weight is 488 g/mol. The number of sulfonamides is 1. The topological polar surface area (TPSA) is 118 Å². The summed E-state index contributed by atoms with van der Waals surface area (Å²) in [6, 6.07) is 4.48. The molecule has 2 aromatic rings. The van der Waals surface area contributed by atoms with Gasteiger partial charge in [0.2, 0.25) is 0 Å². The molecule has 0 aliphatic carbocycles. The zero-order valence-corrected chi connectivity index (χ0v) is 17.5. The second kappa shape index (κ2) is 10.3. The van der Waals surface area contributed by atoms with E-state index in [4.69, 9.17) is 26.2 Å². The third-order valence-electron chi connectivity index (χ3n) is 3.71. The van der Waals surface area contributed by atoms with Crippen LogP contribution in [0.4, 0.5) is 19.0 Å². The van der Waals surface area contributed by atoms with E-state index in [1.54, 1.807) is 17.0 Å². The number of carboxylic acid groups (broad SMARTS) is 1. The zero-order chi connectivity index (χ0) is 22.4. The van der Waals surface area contributed by atoms with Gasteiger partial charge in [0, 0.05) is 5.38 Å². The lowest BCUT2D eigenvalue weighted by Crippen LogP contribution is -2.34. The van der Waals surface area contributed by atoms with E-state index in [0.29, 0.717) is 11.6 Å². The maximum atomic E-state index is 12.3. The van der Waals surface area contributed by atoms with Crippen LogP contribution < -0.4 is 14.8 Å². The molecular weight excluding hydrogens is 471 g/mol. The summed E-state index contributed by atoms with van der Waals surface area (Å²) in [6.45, 7) is 1.82. The van der Waals surface area contributed by atoms with Crippen LogP contribution in [0.5, 0.6) is 5.75 Å². The lowest BCUT2D eigenvalue weighted by Gasteiger charge is -2.24. The van der Waals surface area contributed by atoms with E-state index in [9.17, 15) is 21.6 Å². The van der Waals surface area contributed by atoms with Gasteiger partial charge in [0.25, 0.3) is 10.0 Å². The van der Waals surface area contributed by atoms with E-state index in [-0.39, 0.29) is 16.0 Å². The molecule has 2 heterocycles. The molecule has 0 amide bonds. The van der Waals surface area contributed by atoms with Gasteiger partial charge in [-0.2, -0.15) is 13.2 Å². The fourth-order valence-electron chi connectivity index (χ4n) is 2.30. The number of hydrogen-bond acceptors (Lipinski definition) is 7. The number of thiazole rings is 1. The van der Waals surface area contributed by atoms with Crippen molar-refractivity contribution in [1.29, 1.82) is 0 Å². The van der Waals surface area contributed by atoms with E-state index in [1.165, 1.54) is 23.5 Å². The van der Waals surface area contributed by atoms with Crippen molar-refractivity contribution in [2.45, 2.75) is 30.0 Å². The number of rotatable bonds is 5. The number of anilines is 1. The van der Waals surface area contributed by atoms with Gasteiger partial charge in [-0.3, -0.25) is 4.72 Å². The molecule has 1 fully saturated rings. The quantitative estimate of drug-likeness (QED) is 0.592. The van der Waals surface area contributed by atoms with Gasteiger partial charge in [-0.25, -0.2) is 18.2 Å². The smallest absolute Gasteiger partial charge is 0.489 e. The predicted octanol–water partition coefficient (Wildman–Crippen LogP) is 3.36. The molecule has 0 unspecified atom stereocenters. The Kier molecular flexibility index (Phi) is 8.29. The highest BCUT2D eigenvalue weighted by Crippen LogP contribution is 2.30. The summed E-state index contributed by atoms with van der Waals surface area (Å²) in [6.07, 6.45) is -3.17. The normalized spacial score (nSPS) is 15.1. The number of hydrogen-bond donors (Lipinski definition) is 3. The first-order valence-electron chi connectivity index (χ1n) is 8.37. The van der Waals surface area contributed by atoms with Crippen molar-refractivity contribution in [3.05, 3.63) is 34.1 Å². The number of ether oxygens (including phenoxy) is 1. The third-order valence-corrected chi connectivity index (χ3v) is 5.94. The molecule has 1 aromatic heterocycles. The van der Waals surface area contributed by atoms with Crippen LogP contribution in [0.1, 0.15) is 12.8 Å². The van der Waals surface area contributed by atoms with Crippen LogP contribution >= 0.6 is 22.9 Å². The maximum Gasteiger partial charge on any atom is 0.490 e. The van der Waals surface area contributed by atoms with Crippen molar-refractivity contribution in [2.75, 3.05) is 17.8 Å². The highest BCUT2D eigenvalue weighted by molar-refractivity contribution is 7.92. The summed E-state index contributed by atoms with van der Waals surface area (Å²) in [5.41, 5.74) is 1.56. The van der Waals surface area contributed by atoms with Gasteiger partial charge >= 0.3 is 12.1 Å². The number of aromatic nitrogens is 1. The number of nitrogens with one attached hydrogen (secondary N) is 2. The number of nitrogens with zero attached hydrogens (tertiary/aromatic N) is 1. The molecule has 1 aliphatic rings. The van der Waals surface area contributed by atoms with Crippen molar-refractivity contribution >= 4 is 44.7 Å². The highest BCUT2D eigenvalue weighted by atomic mass is 35.5. The summed E-state index contributed by atoms with van der Waals surface area (Å²) in [5.74, 6) is -1.96. The van der Waals surface area contributed by atoms with Crippen molar-refractivity contribution in [1.82, 2.24) is 10.3 Å².